The zero-order valence-electron chi connectivity index (χ0n) is 11.9. The third-order valence-electron chi connectivity index (χ3n) is 3.09. The third-order valence-corrected chi connectivity index (χ3v) is 3.71. The maximum atomic E-state index is 5.66. The van der Waals surface area contributed by atoms with Crippen molar-refractivity contribution in [2.24, 2.45) is 0 Å². The van der Waals surface area contributed by atoms with Gasteiger partial charge < -0.3 is 10.1 Å². The van der Waals surface area contributed by atoms with Crippen LogP contribution in [0.15, 0.2) is 46.9 Å². The van der Waals surface area contributed by atoms with Gasteiger partial charge in [-0.15, -0.1) is 0 Å². The van der Waals surface area contributed by atoms with E-state index in [2.05, 4.69) is 65.4 Å². The van der Waals surface area contributed by atoms with Crippen LogP contribution in [0.1, 0.15) is 24.5 Å². The van der Waals surface area contributed by atoms with Crippen LogP contribution in [0.4, 0.5) is 5.69 Å². The Kier molecular flexibility index (Phi) is 5.48. The van der Waals surface area contributed by atoms with Crippen molar-refractivity contribution in [2.45, 2.75) is 26.8 Å². The van der Waals surface area contributed by atoms with Crippen molar-refractivity contribution in [3.05, 3.63) is 58.1 Å². The Morgan fingerprint density at radius 2 is 1.95 bits per heavy atom. The summed E-state index contributed by atoms with van der Waals surface area (Å²) in [5.74, 6) is 0.909. The minimum absolute atomic E-state index is 0.749. The molecule has 3 heteroatoms. The van der Waals surface area contributed by atoms with E-state index < -0.39 is 0 Å². The minimum Gasteiger partial charge on any atom is -0.492 e. The molecule has 0 aliphatic rings. The lowest BCUT2D eigenvalue weighted by Crippen LogP contribution is -2.01. The fourth-order valence-electron chi connectivity index (χ4n) is 1.95. The third kappa shape index (κ3) is 4.01. The van der Waals surface area contributed by atoms with E-state index in [1.807, 2.05) is 12.1 Å². The summed E-state index contributed by atoms with van der Waals surface area (Å²) < 4.78 is 6.66. The summed E-state index contributed by atoms with van der Waals surface area (Å²) in [7, 11) is 0. The van der Waals surface area contributed by atoms with E-state index in [4.69, 9.17) is 4.74 Å². The summed E-state index contributed by atoms with van der Waals surface area (Å²) >= 11 is 3.57. The number of benzene rings is 2. The molecule has 0 aliphatic heterocycles. The molecule has 0 aromatic heterocycles. The summed E-state index contributed by atoms with van der Waals surface area (Å²) in [5, 5.41) is 3.46. The van der Waals surface area contributed by atoms with E-state index >= 15 is 0 Å². The molecule has 0 amide bonds. The molecule has 0 saturated carbocycles. The number of aryl methyl sites for hydroxylation is 1. The second kappa shape index (κ2) is 7.34. The van der Waals surface area contributed by atoms with Gasteiger partial charge in [-0.3, -0.25) is 0 Å². The van der Waals surface area contributed by atoms with E-state index in [1.165, 1.54) is 16.8 Å². The number of hydrogen-bond donors (Lipinski definition) is 1. The van der Waals surface area contributed by atoms with Gasteiger partial charge in [-0.1, -0.05) is 31.2 Å². The van der Waals surface area contributed by atoms with Gasteiger partial charge in [0.25, 0.3) is 0 Å². The van der Waals surface area contributed by atoms with E-state index in [0.29, 0.717) is 0 Å². The molecule has 0 spiro atoms. The Hall–Kier alpha value is -1.48. The zero-order chi connectivity index (χ0) is 14.4. The van der Waals surface area contributed by atoms with Crippen molar-refractivity contribution in [3.8, 4) is 5.75 Å². The maximum Gasteiger partial charge on any atom is 0.133 e. The van der Waals surface area contributed by atoms with Gasteiger partial charge >= 0.3 is 0 Å². The molecule has 2 rings (SSSR count). The zero-order valence-corrected chi connectivity index (χ0v) is 13.5. The highest BCUT2D eigenvalue weighted by molar-refractivity contribution is 9.10. The first-order valence-electron chi connectivity index (χ1n) is 6.91. The van der Waals surface area contributed by atoms with Crippen molar-refractivity contribution >= 4 is 21.6 Å². The summed E-state index contributed by atoms with van der Waals surface area (Å²) in [6.07, 6.45) is 1.02. The van der Waals surface area contributed by atoms with Gasteiger partial charge in [0.2, 0.25) is 0 Å². The number of anilines is 1. The van der Waals surface area contributed by atoms with Crippen molar-refractivity contribution in [1.29, 1.82) is 0 Å². The van der Waals surface area contributed by atoms with Crippen LogP contribution < -0.4 is 10.1 Å². The molecule has 0 aliphatic carbocycles. The lowest BCUT2D eigenvalue weighted by molar-refractivity contribution is 0.315. The summed E-state index contributed by atoms with van der Waals surface area (Å²) in [5.41, 5.74) is 3.66. The largest absolute Gasteiger partial charge is 0.492 e. The molecule has 0 unspecified atom stereocenters. The molecule has 0 fully saturated rings. The molecular weight excluding hydrogens is 314 g/mol. The predicted octanol–water partition coefficient (Wildman–Crippen LogP) is 5.16. The SMILES string of the molecule is CCCOc1ccc(CNc2ccccc2C)cc1Br. The number of nitrogens with one attached hydrogen (secondary N) is 1. The molecule has 2 aromatic rings. The average molecular weight is 334 g/mol. The monoisotopic (exact) mass is 333 g/mol. The first kappa shape index (κ1) is 14.9. The molecule has 0 radical (unpaired) electrons. The Morgan fingerprint density at radius 3 is 2.65 bits per heavy atom. The van der Waals surface area contributed by atoms with Crippen LogP contribution in [0, 0.1) is 6.92 Å². The number of rotatable bonds is 6. The second-order valence-electron chi connectivity index (χ2n) is 4.78. The minimum atomic E-state index is 0.749. The van der Waals surface area contributed by atoms with Crippen LogP contribution in [-0.4, -0.2) is 6.61 Å². The van der Waals surface area contributed by atoms with Gasteiger partial charge in [0.1, 0.15) is 5.75 Å². The number of halogens is 1. The lowest BCUT2D eigenvalue weighted by atomic mass is 10.1. The number of para-hydroxylation sites is 1. The predicted molar refractivity (Wildman–Crippen MR) is 88.4 cm³/mol. The smallest absolute Gasteiger partial charge is 0.133 e. The first-order chi connectivity index (χ1) is 9.70. The van der Waals surface area contributed by atoms with Crippen LogP contribution in [0.5, 0.6) is 5.75 Å². The topological polar surface area (TPSA) is 21.3 Å². The highest BCUT2D eigenvalue weighted by atomic mass is 79.9. The maximum absolute atomic E-state index is 5.66. The van der Waals surface area contributed by atoms with Gasteiger partial charge in [-0.25, -0.2) is 0 Å². The Labute approximate surface area is 129 Å². The highest BCUT2D eigenvalue weighted by Crippen LogP contribution is 2.26. The van der Waals surface area contributed by atoms with Crippen LogP contribution in [0.2, 0.25) is 0 Å². The van der Waals surface area contributed by atoms with Crippen molar-refractivity contribution in [2.75, 3.05) is 11.9 Å². The van der Waals surface area contributed by atoms with Crippen LogP contribution >= 0.6 is 15.9 Å². The van der Waals surface area contributed by atoms with Gasteiger partial charge in [-0.05, 0) is 58.6 Å². The molecule has 0 atom stereocenters. The molecule has 0 heterocycles. The fourth-order valence-corrected chi connectivity index (χ4v) is 2.49. The number of hydrogen-bond acceptors (Lipinski definition) is 2. The van der Waals surface area contributed by atoms with Gasteiger partial charge in [-0.2, -0.15) is 0 Å². The van der Waals surface area contributed by atoms with Crippen LogP contribution in [0.3, 0.4) is 0 Å². The molecule has 2 aromatic carbocycles. The average Bonchev–Trinajstić information content (AvgIpc) is 2.45. The summed E-state index contributed by atoms with van der Waals surface area (Å²) in [6, 6.07) is 14.5. The standard InChI is InChI=1S/C17H20BrNO/c1-3-10-20-17-9-8-14(11-15(17)18)12-19-16-7-5-4-6-13(16)2/h4-9,11,19H,3,10,12H2,1-2H3. The quantitative estimate of drug-likeness (QED) is 0.788. The summed E-state index contributed by atoms with van der Waals surface area (Å²) in [4.78, 5) is 0. The van der Waals surface area contributed by atoms with E-state index in [1.54, 1.807) is 0 Å². The Bertz CT molecular complexity index is 569. The Morgan fingerprint density at radius 1 is 1.15 bits per heavy atom. The van der Waals surface area contributed by atoms with Crippen LogP contribution in [0.25, 0.3) is 0 Å². The number of ether oxygens (including phenoxy) is 1. The molecule has 2 nitrogen and oxygen atoms in total. The van der Waals surface area contributed by atoms with Crippen molar-refractivity contribution in [1.82, 2.24) is 0 Å². The van der Waals surface area contributed by atoms with E-state index in [9.17, 15) is 0 Å². The molecule has 20 heavy (non-hydrogen) atoms. The lowest BCUT2D eigenvalue weighted by Gasteiger charge is -2.11. The van der Waals surface area contributed by atoms with Gasteiger partial charge in [0, 0.05) is 12.2 Å². The molecular formula is C17H20BrNO. The van der Waals surface area contributed by atoms with Gasteiger partial charge in [0.05, 0.1) is 11.1 Å². The van der Waals surface area contributed by atoms with E-state index in [0.717, 1.165) is 29.8 Å². The fraction of sp³-hybridized carbons (Fsp3) is 0.294. The highest BCUT2D eigenvalue weighted by Gasteiger charge is 2.03. The normalized spacial score (nSPS) is 10.3. The Balaban J connectivity index is 2.00. The van der Waals surface area contributed by atoms with Crippen molar-refractivity contribution in [3.63, 3.8) is 0 Å². The van der Waals surface area contributed by atoms with E-state index in [-0.39, 0.29) is 0 Å². The van der Waals surface area contributed by atoms with Gasteiger partial charge in [0.15, 0.2) is 0 Å². The summed E-state index contributed by atoms with van der Waals surface area (Å²) in [6.45, 7) is 5.77. The van der Waals surface area contributed by atoms with Crippen LogP contribution in [-0.2, 0) is 6.54 Å². The second-order valence-corrected chi connectivity index (χ2v) is 5.64. The first-order valence-corrected chi connectivity index (χ1v) is 7.70. The molecule has 0 saturated heterocycles. The molecule has 0 bridgehead atoms. The molecule has 106 valence electrons. The van der Waals surface area contributed by atoms with Crippen molar-refractivity contribution < 1.29 is 4.74 Å². The molecule has 1 N–H and O–H groups in total.